The van der Waals surface area contributed by atoms with Gasteiger partial charge in [0.15, 0.2) is 0 Å². The van der Waals surface area contributed by atoms with E-state index in [4.69, 9.17) is 9.47 Å². The maximum atomic E-state index is 12.3. The molecule has 0 radical (unpaired) electrons. The van der Waals surface area contributed by atoms with Crippen LogP contribution in [0.3, 0.4) is 0 Å². The Hall–Kier alpha value is -1.48. The van der Waals surface area contributed by atoms with Crippen LogP contribution in [-0.4, -0.2) is 151 Å². The largest absolute Gasteiger partial charge is 0.726 e. The average Bonchev–Trinajstić information content (AvgIpc) is 3.25. The third kappa shape index (κ3) is 55.1. The van der Waals surface area contributed by atoms with Crippen LogP contribution >= 0.6 is 0 Å². The highest BCUT2D eigenvalue weighted by molar-refractivity contribution is 7.81. The summed E-state index contributed by atoms with van der Waals surface area (Å²) in [5, 5.41) is 19.4. The first kappa shape index (κ1) is 68.8. The number of aliphatic hydroxyl groups is 2. The van der Waals surface area contributed by atoms with Crippen LogP contribution < -0.4 is 0 Å². The van der Waals surface area contributed by atoms with Gasteiger partial charge in [0, 0.05) is 12.8 Å². The number of ether oxygens (including phenoxy) is 2. The minimum Gasteiger partial charge on any atom is -0.726 e. The first-order valence-corrected chi connectivity index (χ1v) is 28.3. The standard InChI is InChI=1S/C46H94N2O6.2CH4O4S/c1-5-7-9-11-13-15-17-19-21-23-25-29-33-45(51)53-43-39-47(3,37-41-49)35-31-27-28-32-36-48(4,38-42-50)40-44-54-46(52)34-30-26-24-22-20-18-16-14-12-10-8-6-2;2*1-5-6(2,3)4/h49-50H,5-44H2,1-4H3;2*1H3,(H,2,3,4)/q+2;;/p-2. The maximum Gasteiger partial charge on any atom is 0.305 e. The number of unbranched alkanes of at least 4 members (excludes halogenated alkanes) is 25. The Morgan fingerprint density at radius 3 is 0.864 bits per heavy atom. The highest BCUT2D eigenvalue weighted by Gasteiger charge is 2.23. The molecule has 66 heavy (non-hydrogen) atoms. The van der Waals surface area contributed by atoms with Gasteiger partial charge in [-0.15, -0.1) is 0 Å². The summed E-state index contributed by atoms with van der Waals surface area (Å²) >= 11 is 0. The molecule has 16 nitrogen and oxygen atoms in total. The summed E-state index contributed by atoms with van der Waals surface area (Å²) in [5.74, 6) is -0.174. The number of hydrogen-bond donors (Lipinski definition) is 2. The zero-order chi connectivity index (χ0) is 50.3. The molecule has 0 aromatic carbocycles. The van der Waals surface area contributed by atoms with Gasteiger partial charge in [0.05, 0.1) is 54.6 Å². The van der Waals surface area contributed by atoms with Crippen LogP contribution in [0.5, 0.6) is 0 Å². The van der Waals surface area contributed by atoms with E-state index in [9.17, 15) is 45.7 Å². The van der Waals surface area contributed by atoms with Gasteiger partial charge in [0.25, 0.3) is 0 Å². The molecule has 0 aliphatic rings. The van der Waals surface area contributed by atoms with Gasteiger partial charge in [-0.25, -0.2) is 16.8 Å². The number of nitrogens with zero attached hydrogens (tertiary/aromatic N) is 2. The lowest BCUT2D eigenvalue weighted by Crippen LogP contribution is -2.49. The minimum atomic E-state index is -4.41. The second-order valence-electron chi connectivity index (χ2n) is 18.3. The molecule has 0 bridgehead atoms. The lowest BCUT2D eigenvalue weighted by atomic mass is 10.0. The van der Waals surface area contributed by atoms with Gasteiger partial charge in [-0.1, -0.05) is 155 Å². The van der Waals surface area contributed by atoms with E-state index < -0.39 is 20.8 Å². The predicted octanol–water partition coefficient (Wildman–Crippen LogP) is 8.88. The van der Waals surface area contributed by atoms with Gasteiger partial charge < -0.3 is 37.8 Å². The topological polar surface area (TPSA) is 226 Å². The molecule has 0 aromatic rings. The van der Waals surface area contributed by atoms with Crippen LogP contribution in [0.1, 0.15) is 206 Å². The first-order valence-electron chi connectivity index (χ1n) is 25.6. The van der Waals surface area contributed by atoms with E-state index in [1.807, 2.05) is 0 Å². The van der Waals surface area contributed by atoms with Crippen molar-refractivity contribution < 1.29 is 72.5 Å². The fraction of sp³-hybridized carbons (Fsp3) is 0.958. The number of carbonyl (C=O) groups is 2. The van der Waals surface area contributed by atoms with Crippen molar-refractivity contribution in [1.29, 1.82) is 0 Å². The molecular weight excluding hydrogens is 893 g/mol. The fourth-order valence-corrected chi connectivity index (χ4v) is 7.62. The molecule has 2 atom stereocenters. The molecule has 0 aliphatic heterocycles. The number of carbonyl (C=O) groups excluding carboxylic acids is 2. The number of rotatable bonds is 45. The van der Waals surface area contributed by atoms with Crippen molar-refractivity contribution in [3.05, 3.63) is 0 Å². The van der Waals surface area contributed by atoms with E-state index in [0.717, 1.165) is 91.8 Å². The first-order chi connectivity index (χ1) is 31.4. The number of esters is 2. The van der Waals surface area contributed by atoms with E-state index in [1.165, 1.54) is 128 Å². The van der Waals surface area contributed by atoms with Crippen molar-refractivity contribution in [3.8, 4) is 0 Å². The molecule has 0 rings (SSSR count). The van der Waals surface area contributed by atoms with Crippen LogP contribution in [0.25, 0.3) is 0 Å². The molecule has 0 saturated carbocycles. The molecule has 0 aliphatic carbocycles. The van der Waals surface area contributed by atoms with Gasteiger partial charge in [0.1, 0.15) is 39.4 Å². The number of likely N-dealkylation sites (N-methyl/N-ethyl adjacent to an activating group) is 2. The predicted molar refractivity (Wildman–Crippen MR) is 261 cm³/mol. The van der Waals surface area contributed by atoms with Crippen LogP contribution in [-0.2, 0) is 48.2 Å². The van der Waals surface area contributed by atoms with Crippen molar-refractivity contribution >= 4 is 32.7 Å². The molecule has 0 fully saturated rings. The molecule has 0 aromatic heterocycles. The van der Waals surface area contributed by atoms with Gasteiger partial charge in [-0.05, 0) is 38.5 Å². The minimum absolute atomic E-state index is 0.0870. The summed E-state index contributed by atoms with van der Waals surface area (Å²) in [7, 11) is -2.90. The number of quaternary nitrogens is 2. The lowest BCUT2D eigenvalue weighted by Gasteiger charge is -2.34. The molecule has 0 heterocycles. The lowest BCUT2D eigenvalue weighted by molar-refractivity contribution is -0.910. The second kappa shape index (κ2) is 47.2. The average molecular weight is 993 g/mol. The van der Waals surface area contributed by atoms with Crippen molar-refractivity contribution in [1.82, 2.24) is 0 Å². The molecule has 18 heteroatoms. The van der Waals surface area contributed by atoms with E-state index in [1.54, 1.807) is 0 Å². The Bertz CT molecular complexity index is 1210. The quantitative estimate of drug-likeness (QED) is 0.0191. The zero-order valence-electron chi connectivity index (χ0n) is 42.8. The second-order valence-corrected chi connectivity index (χ2v) is 20.6. The molecule has 0 amide bonds. The summed E-state index contributed by atoms with van der Waals surface area (Å²) in [5.41, 5.74) is 0. The smallest absolute Gasteiger partial charge is 0.305 e. The van der Waals surface area contributed by atoms with Crippen LogP contribution in [0.2, 0.25) is 0 Å². The Kier molecular flexibility index (Phi) is 49.2. The summed E-state index contributed by atoms with van der Waals surface area (Å²) in [6, 6.07) is 0. The van der Waals surface area contributed by atoms with Crippen molar-refractivity contribution in [2.24, 2.45) is 0 Å². The van der Waals surface area contributed by atoms with Gasteiger partial charge in [-0.3, -0.25) is 18.0 Å². The number of aliphatic hydroxyl groups excluding tert-OH is 2. The molecule has 0 spiro atoms. The maximum absolute atomic E-state index is 12.3. The van der Waals surface area contributed by atoms with E-state index in [2.05, 4.69) is 36.3 Å². The highest BCUT2D eigenvalue weighted by Crippen LogP contribution is 2.16. The summed E-state index contributed by atoms with van der Waals surface area (Å²) in [4.78, 5) is 24.7. The highest BCUT2D eigenvalue weighted by atomic mass is 32.3. The van der Waals surface area contributed by atoms with E-state index in [0.29, 0.717) is 48.1 Å². The Morgan fingerprint density at radius 1 is 0.409 bits per heavy atom. The van der Waals surface area contributed by atoms with Gasteiger partial charge in [0.2, 0.25) is 20.8 Å². The summed E-state index contributed by atoms with van der Waals surface area (Å²) in [6.07, 6.45) is 36.2. The van der Waals surface area contributed by atoms with Gasteiger partial charge >= 0.3 is 11.9 Å². The third-order valence-corrected chi connectivity index (χ3v) is 12.9. The summed E-state index contributed by atoms with van der Waals surface area (Å²) < 4.78 is 74.7. The summed E-state index contributed by atoms with van der Waals surface area (Å²) in [6.45, 7) is 10.3. The number of hydrogen-bond acceptors (Lipinski definition) is 14. The third-order valence-electron chi connectivity index (χ3n) is 12.1. The Labute approximate surface area is 404 Å². The monoisotopic (exact) mass is 993 g/mol. The van der Waals surface area contributed by atoms with E-state index in [-0.39, 0.29) is 25.2 Å². The van der Waals surface area contributed by atoms with Crippen molar-refractivity contribution in [3.63, 3.8) is 0 Å². The molecule has 398 valence electrons. The molecule has 2 unspecified atom stereocenters. The SMILES string of the molecule is CCCCCCCCCCCCCCC(=O)OCC[N+](C)(CCO)CCCCCC[N+](C)(CCO)CCOC(=O)CCCCCCCCCCCCCC.COS(=O)(=O)[O-].COS(=O)(=O)[O-]. The normalized spacial score (nSPS) is 13.4. The van der Waals surface area contributed by atoms with E-state index >= 15 is 0 Å². The van der Waals surface area contributed by atoms with Crippen LogP contribution in [0.15, 0.2) is 0 Å². The van der Waals surface area contributed by atoms with Crippen LogP contribution in [0.4, 0.5) is 0 Å². The van der Waals surface area contributed by atoms with Crippen LogP contribution in [0, 0.1) is 0 Å². The van der Waals surface area contributed by atoms with Crippen molar-refractivity contribution in [2.45, 2.75) is 206 Å². The van der Waals surface area contributed by atoms with Gasteiger partial charge in [-0.2, -0.15) is 0 Å². The molecular formula is C48H100N2O14S2. The molecule has 0 saturated heterocycles. The zero-order valence-corrected chi connectivity index (χ0v) is 44.4. The molecule has 2 N–H and O–H groups in total. The Morgan fingerprint density at radius 2 is 0.636 bits per heavy atom. The fourth-order valence-electron chi connectivity index (χ4n) is 7.62. The van der Waals surface area contributed by atoms with Crippen molar-refractivity contribution in [2.75, 3.05) is 94.0 Å². The Balaban J connectivity index is -0.00000289.